The third-order valence-corrected chi connectivity index (χ3v) is 3.58. The average molecular weight is 260 g/mol. The van der Waals surface area contributed by atoms with Crippen LogP contribution in [0, 0.1) is 6.92 Å². The molecule has 0 spiro atoms. The molecule has 3 aromatic rings. The van der Waals surface area contributed by atoms with E-state index in [0.29, 0.717) is 0 Å². The number of benzene rings is 2. The van der Waals surface area contributed by atoms with Gasteiger partial charge in [-0.05, 0) is 11.1 Å². The predicted octanol–water partition coefficient (Wildman–Crippen LogP) is 4.00. The Kier molecular flexibility index (Phi) is 3.60. The molecule has 0 saturated heterocycles. The van der Waals surface area contributed by atoms with Crippen molar-refractivity contribution in [1.29, 1.82) is 0 Å². The first-order valence-electron chi connectivity index (χ1n) is 6.92. The average Bonchev–Trinajstić information content (AvgIpc) is 2.51. The maximum Gasteiger partial charge on any atom is 0.178 e. The summed E-state index contributed by atoms with van der Waals surface area (Å²) in [4.78, 5) is 0. The van der Waals surface area contributed by atoms with E-state index < -0.39 is 0 Å². The van der Waals surface area contributed by atoms with Crippen molar-refractivity contribution in [2.75, 3.05) is 0 Å². The van der Waals surface area contributed by atoms with Gasteiger partial charge < -0.3 is 0 Å². The quantitative estimate of drug-likeness (QED) is 0.627. The fourth-order valence-corrected chi connectivity index (χ4v) is 2.37. The lowest BCUT2D eigenvalue weighted by molar-refractivity contribution is -0.694. The Labute approximate surface area is 120 Å². The Bertz CT molecular complexity index is 684. The minimum Gasteiger partial charge on any atom is -0.198 e. The lowest BCUT2D eigenvalue weighted by Crippen LogP contribution is -2.36. The highest BCUT2D eigenvalue weighted by molar-refractivity contribution is 5.63. The molecule has 0 amide bonds. The zero-order valence-electron chi connectivity index (χ0n) is 11.7. The first-order valence-corrected chi connectivity index (χ1v) is 6.92. The molecule has 0 radical (unpaired) electrons. The number of aromatic nitrogens is 1. The topological polar surface area (TPSA) is 3.88 Å². The van der Waals surface area contributed by atoms with E-state index in [-0.39, 0.29) is 0 Å². The molecule has 0 bridgehead atoms. The Hall–Kier alpha value is -2.41. The van der Waals surface area contributed by atoms with Crippen LogP contribution >= 0.6 is 0 Å². The summed E-state index contributed by atoms with van der Waals surface area (Å²) in [6.07, 6.45) is 2.13. The van der Waals surface area contributed by atoms with E-state index in [0.717, 1.165) is 6.54 Å². The van der Waals surface area contributed by atoms with Crippen LogP contribution in [-0.4, -0.2) is 0 Å². The maximum absolute atomic E-state index is 2.26. The van der Waals surface area contributed by atoms with E-state index in [1.54, 1.807) is 0 Å². The van der Waals surface area contributed by atoms with Crippen LogP contribution in [-0.2, 0) is 6.54 Å². The SMILES string of the molecule is Cc1cccc[n+]1Cc1ccc(-c2ccccc2)cc1. The van der Waals surface area contributed by atoms with Crippen molar-refractivity contribution in [2.45, 2.75) is 13.5 Å². The molecule has 0 aliphatic carbocycles. The standard InChI is InChI=1S/C19H18N/c1-16-7-5-6-14-20(16)15-17-10-12-19(13-11-17)18-8-3-2-4-9-18/h2-14H,15H2,1H3/q+1. The normalized spacial score (nSPS) is 10.4. The Morgan fingerprint density at radius 2 is 1.35 bits per heavy atom. The van der Waals surface area contributed by atoms with Crippen molar-refractivity contribution in [3.05, 3.63) is 90.3 Å². The summed E-state index contributed by atoms with van der Waals surface area (Å²) < 4.78 is 2.26. The lowest BCUT2D eigenvalue weighted by Gasteiger charge is -2.04. The summed E-state index contributed by atoms with van der Waals surface area (Å²) >= 11 is 0. The maximum atomic E-state index is 2.26. The van der Waals surface area contributed by atoms with Gasteiger partial charge in [0.05, 0.1) is 0 Å². The number of hydrogen-bond acceptors (Lipinski definition) is 0. The van der Waals surface area contributed by atoms with Crippen molar-refractivity contribution in [3.8, 4) is 11.1 Å². The van der Waals surface area contributed by atoms with Gasteiger partial charge in [0.1, 0.15) is 0 Å². The van der Waals surface area contributed by atoms with Gasteiger partial charge in [-0.2, -0.15) is 4.57 Å². The molecular formula is C19H18N+. The zero-order valence-corrected chi connectivity index (χ0v) is 11.7. The summed E-state index contributed by atoms with van der Waals surface area (Å²) in [6, 6.07) is 25.6. The number of rotatable bonds is 3. The van der Waals surface area contributed by atoms with E-state index in [1.807, 2.05) is 6.07 Å². The molecular weight excluding hydrogens is 242 g/mol. The minimum absolute atomic E-state index is 0.918. The van der Waals surface area contributed by atoms with Crippen molar-refractivity contribution >= 4 is 0 Å². The van der Waals surface area contributed by atoms with Gasteiger partial charge in [0.2, 0.25) is 0 Å². The fraction of sp³-hybridized carbons (Fsp3) is 0.105. The van der Waals surface area contributed by atoms with Crippen LogP contribution in [0.4, 0.5) is 0 Å². The summed E-state index contributed by atoms with van der Waals surface area (Å²) in [6.45, 7) is 3.06. The van der Waals surface area contributed by atoms with Gasteiger partial charge in [0, 0.05) is 24.6 Å². The van der Waals surface area contributed by atoms with Gasteiger partial charge in [0.15, 0.2) is 18.4 Å². The van der Waals surface area contributed by atoms with E-state index >= 15 is 0 Å². The minimum atomic E-state index is 0.918. The number of aryl methyl sites for hydroxylation is 1. The molecule has 0 N–H and O–H groups in total. The van der Waals surface area contributed by atoms with Gasteiger partial charge in [-0.3, -0.25) is 0 Å². The largest absolute Gasteiger partial charge is 0.198 e. The van der Waals surface area contributed by atoms with Gasteiger partial charge in [-0.25, -0.2) is 0 Å². The second-order valence-electron chi connectivity index (χ2n) is 5.03. The highest BCUT2D eigenvalue weighted by Gasteiger charge is 2.06. The highest BCUT2D eigenvalue weighted by atomic mass is 14.9. The Morgan fingerprint density at radius 1 is 0.700 bits per heavy atom. The third kappa shape index (κ3) is 2.77. The van der Waals surface area contributed by atoms with Crippen molar-refractivity contribution in [3.63, 3.8) is 0 Å². The molecule has 98 valence electrons. The third-order valence-electron chi connectivity index (χ3n) is 3.58. The molecule has 3 rings (SSSR count). The summed E-state index contributed by atoms with van der Waals surface area (Å²) in [5.41, 5.74) is 5.13. The van der Waals surface area contributed by atoms with Crippen LogP contribution in [0.3, 0.4) is 0 Å². The van der Waals surface area contributed by atoms with E-state index in [4.69, 9.17) is 0 Å². The molecule has 0 fully saturated rings. The Morgan fingerprint density at radius 3 is 2.05 bits per heavy atom. The molecule has 0 atom stereocenters. The first kappa shape index (κ1) is 12.6. The number of hydrogen-bond donors (Lipinski definition) is 0. The van der Waals surface area contributed by atoms with Crippen LogP contribution in [0.1, 0.15) is 11.3 Å². The molecule has 0 aliphatic rings. The van der Waals surface area contributed by atoms with Gasteiger partial charge >= 0.3 is 0 Å². The smallest absolute Gasteiger partial charge is 0.178 e. The van der Waals surface area contributed by atoms with Crippen molar-refractivity contribution in [1.82, 2.24) is 0 Å². The van der Waals surface area contributed by atoms with Crippen LogP contribution < -0.4 is 4.57 Å². The predicted molar refractivity (Wildman–Crippen MR) is 82.4 cm³/mol. The molecule has 0 aliphatic heterocycles. The second kappa shape index (κ2) is 5.70. The van der Waals surface area contributed by atoms with Crippen LogP contribution in [0.25, 0.3) is 11.1 Å². The van der Waals surface area contributed by atoms with Crippen LogP contribution in [0.2, 0.25) is 0 Å². The van der Waals surface area contributed by atoms with Gasteiger partial charge in [-0.15, -0.1) is 0 Å². The molecule has 2 aromatic carbocycles. The molecule has 1 nitrogen and oxygen atoms in total. The van der Waals surface area contributed by atoms with E-state index in [1.165, 1.54) is 22.4 Å². The molecule has 1 aromatic heterocycles. The Balaban J connectivity index is 1.82. The molecule has 1 heterocycles. The van der Waals surface area contributed by atoms with E-state index in [2.05, 4.69) is 84.4 Å². The molecule has 0 unspecified atom stereocenters. The zero-order chi connectivity index (χ0) is 13.8. The summed E-state index contributed by atoms with van der Waals surface area (Å²) in [5, 5.41) is 0. The van der Waals surface area contributed by atoms with Crippen LogP contribution in [0.5, 0.6) is 0 Å². The molecule has 20 heavy (non-hydrogen) atoms. The van der Waals surface area contributed by atoms with Gasteiger partial charge in [-0.1, -0.05) is 60.7 Å². The van der Waals surface area contributed by atoms with Crippen molar-refractivity contribution in [2.24, 2.45) is 0 Å². The lowest BCUT2D eigenvalue weighted by atomic mass is 10.0. The number of pyridine rings is 1. The summed E-state index contributed by atoms with van der Waals surface area (Å²) in [5.74, 6) is 0. The van der Waals surface area contributed by atoms with E-state index in [9.17, 15) is 0 Å². The molecule has 0 saturated carbocycles. The molecule has 1 heteroatoms. The summed E-state index contributed by atoms with van der Waals surface area (Å²) in [7, 11) is 0. The van der Waals surface area contributed by atoms with Crippen LogP contribution in [0.15, 0.2) is 79.0 Å². The highest BCUT2D eigenvalue weighted by Crippen LogP contribution is 2.19. The number of nitrogens with zero attached hydrogens (tertiary/aromatic N) is 1. The second-order valence-corrected chi connectivity index (χ2v) is 5.03. The van der Waals surface area contributed by atoms with Crippen molar-refractivity contribution < 1.29 is 4.57 Å². The van der Waals surface area contributed by atoms with Gasteiger partial charge in [0.25, 0.3) is 0 Å². The monoisotopic (exact) mass is 260 g/mol. The first-order chi connectivity index (χ1) is 9.83. The fourth-order valence-electron chi connectivity index (χ4n) is 2.37.